The molecule has 0 spiro atoms. The number of hydrogen-bond acceptors (Lipinski definition) is 3. The maximum absolute atomic E-state index is 14.1. The molecule has 1 aliphatic rings. The second-order valence-electron chi connectivity index (χ2n) is 4.53. The van der Waals surface area contributed by atoms with Crippen LogP contribution in [0.15, 0.2) is 12.1 Å². The van der Waals surface area contributed by atoms with Gasteiger partial charge in [0.2, 0.25) is 0 Å². The molecular weight excluding hydrogens is 272 g/mol. The van der Waals surface area contributed by atoms with Gasteiger partial charge < -0.3 is 5.73 Å². The van der Waals surface area contributed by atoms with Gasteiger partial charge in [0.25, 0.3) is 0 Å². The van der Waals surface area contributed by atoms with E-state index in [9.17, 15) is 8.78 Å². The molecule has 100 valence electrons. The molecule has 5 heteroatoms. The van der Waals surface area contributed by atoms with Gasteiger partial charge in [-0.1, -0.05) is 13.0 Å². The maximum Gasteiger partial charge on any atom is 0.133 e. The second kappa shape index (κ2) is 5.80. The normalized spacial score (nSPS) is 26.1. The van der Waals surface area contributed by atoms with Crippen molar-refractivity contribution in [3.63, 3.8) is 0 Å². The summed E-state index contributed by atoms with van der Waals surface area (Å²) in [6.07, 6.45) is 0. The van der Waals surface area contributed by atoms with Crippen LogP contribution in [0.2, 0.25) is 0 Å². The highest BCUT2D eigenvalue weighted by Crippen LogP contribution is 2.39. The van der Waals surface area contributed by atoms with Crippen LogP contribution >= 0.6 is 23.5 Å². The Morgan fingerprint density at radius 1 is 1.28 bits per heavy atom. The fourth-order valence-electron chi connectivity index (χ4n) is 2.19. The first kappa shape index (κ1) is 14.2. The topological polar surface area (TPSA) is 26.0 Å². The third-order valence-corrected chi connectivity index (χ3v) is 6.46. The standard InChI is InChI=1S/C13H17F2NS2/c1-7-3-4-9(14)10(11(7)15)12(16)13-8(2)17-5-6-18-13/h3-4,8,12-13H,5-6,16H2,1-2H3. The highest BCUT2D eigenvalue weighted by Gasteiger charge is 2.32. The van der Waals surface area contributed by atoms with Crippen LogP contribution in [0, 0.1) is 18.6 Å². The molecule has 1 nitrogen and oxygen atoms in total. The van der Waals surface area contributed by atoms with Crippen molar-refractivity contribution in [2.45, 2.75) is 30.4 Å². The van der Waals surface area contributed by atoms with Gasteiger partial charge in [-0.25, -0.2) is 8.78 Å². The number of hydrogen-bond donors (Lipinski definition) is 1. The molecule has 18 heavy (non-hydrogen) atoms. The molecule has 1 aromatic carbocycles. The monoisotopic (exact) mass is 289 g/mol. The number of aryl methyl sites for hydroxylation is 1. The highest BCUT2D eigenvalue weighted by atomic mass is 32.2. The second-order valence-corrected chi connectivity index (χ2v) is 7.30. The van der Waals surface area contributed by atoms with Gasteiger partial charge in [-0.05, 0) is 18.6 Å². The fraction of sp³-hybridized carbons (Fsp3) is 0.538. The van der Waals surface area contributed by atoms with E-state index in [1.165, 1.54) is 12.1 Å². The fourth-order valence-corrected chi connectivity index (χ4v) is 5.05. The summed E-state index contributed by atoms with van der Waals surface area (Å²) in [6.45, 7) is 3.71. The Kier molecular flexibility index (Phi) is 4.56. The van der Waals surface area contributed by atoms with Gasteiger partial charge in [0, 0.05) is 33.6 Å². The van der Waals surface area contributed by atoms with Crippen LogP contribution in [0.4, 0.5) is 8.78 Å². The first-order valence-corrected chi connectivity index (χ1v) is 8.05. The van der Waals surface area contributed by atoms with Crippen molar-refractivity contribution in [3.8, 4) is 0 Å². The Hall–Kier alpha value is -0.260. The molecular formula is C13H17F2NS2. The van der Waals surface area contributed by atoms with E-state index < -0.39 is 17.7 Å². The number of benzene rings is 1. The summed E-state index contributed by atoms with van der Waals surface area (Å²) in [5.41, 5.74) is 6.61. The molecule has 0 amide bonds. The summed E-state index contributed by atoms with van der Waals surface area (Å²) >= 11 is 3.54. The van der Waals surface area contributed by atoms with Gasteiger partial charge in [-0.3, -0.25) is 0 Å². The summed E-state index contributed by atoms with van der Waals surface area (Å²) in [7, 11) is 0. The average molecular weight is 289 g/mol. The molecule has 2 rings (SSSR count). The number of rotatable bonds is 2. The lowest BCUT2D eigenvalue weighted by molar-refractivity contribution is 0.512. The Morgan fingerprint density at radius 2 is 1.94 bits per heavy atom. The van der Waals surface area contributed by atoms with Crippen LogP contribution in [-0.4, -0.2) is 22.0 Å². The summed E-state index contributed by atoms with van der Waals surface area (Å²) in [5, 5.41) is 0.382. The van der Waals surface area contributed by atoms with Crippen molar-refractivity contribution < 1.29 is 8.78 Å². The Morgan fingerprint density at radius 3 is 2.61 bits per heavy atom. The van der Waals surface area contributed by atoms with Gasteiger partial charge >= 0.3 is 0 Å². The summed E-state index contributed by atoms with van der Waals surface area (Å²) < 4.78 is 27.9. The SMILES string of the molecule is Cc1ccc(F)c(C(N)C2SCCSC2C)c1F. The van der Waals surface area contributed by atoms with E-state index in [2.05, 4.69) is 6.92 Å². The molecule has 2 N–H and O–H groups in total. The van der Waals surface area contributed by atoms with Crippen LogP contribution < -0.4 is 5.73 Å². The van der Waals surface area contributed by atoms with Crippen LogP contribution in [0.1, 0.15) is 24.1 Å². The molecule has 1 aromatic rings. The minimum absolute atomic E-state index is 0.0434. The molecule has 0 aromatic heterocycles. The van der Waals surface area contributed by atoms with E-state index in [0.29, 0.717) is 10.8 Å². The zero-order chi connectivity index (χ0) is 13.3. The van der Waals surface area contributed by atoms with Crippen molar-refractivity contribution in [2.75, 3.05) is 11.5 Å². The smallest absolute Gasteiger partial charge is 0.133 e. The molecule has 0 saturated carbocycles. The van der Waals surface area contributed by atoms with Gasteiger partial charge in [0.15, 0.2) is 0 Å². The molecule has 1 heterocycles. The Labute approximate surface area is 115 Å². The molecule has 0 bridgehead atoms. The summed E-state index contributed by atoms with van der Waals surface area (Å²) in [6, 6.07) is 2.17. The van der Waals surface area contributed by atoms with Gasteiger partial charge in [0.1, 0.15) is 11.6 Å². The highest BCUT2D eigenvalue weighted by molar-refractivity contribution is 8.07. The average Bonchev–Trinajstić information content (AvgIpc) is 2.35. The first-order valence-electron chi connectivity index (χ1n) is 5.95. The third-order valence-electron chi connectivity index (χ3n) is 3.24. The largest absolute Gasteiger partial charge is 0.323 e. The van der Waals surface area contributed by atoms with Crippen LogP contribution in [-0.2, 0) is 0 Å². The van der Waals surface area contributed by atoms with Gasteiger partial charge in [-0.15, -0.1) is 0 Å². The maximum atomic E-state index is 14.1. The lowest BCUT2D eigenvalue weighted by atomic mass is 9.99. The van der Waals surface area contributed by atoms with Gasteiger partial charge in [-0.2, -0.15) is 23.5 Å². The number of thioether (sulfide) groups is 2. The minimum atomic E-state index is -0.585. The number of nitrogens with two attached hydrogens (primary N) is 1. The van der Waals surface area contributed by atoms with Crippen molar-refractivity contribution in [1.29, 1.82) is 0 Å². The van der Waals surface area contributed by atoms with E-state index in [1.807, 2.05) is 11.8 Å². The summed E-state index contributed by atoms with van der Waals surface area (Å²) in [5.74, 6) is 1.04. The van der Waals surface area contributed by atoms with E-state index in [-0.39, 0.29) is 10.8 Å². The van der Waals surface area contributed by atoms with Crippen molar-refractivity contribution in [1.82, 2.24) is 0 Å². The lowest BCUT2D eigenvalue weighted by Gasteiger charge is -2.33. The molecule has 1 aliphatic heterocycles. The third kappa shape index (κ3) is 2.68. The summed E-state index contributed by atoms with van der Waals surface area (Å²) in [4.78, 5) is 0. The van der Waals surface area contributed by atoms with Crippen molar-refractivity contribution in [3.05, 3.63) is 34.9 Å². The Bertz CT molecular complexity index is 439. The molecule has 3 atom stereocenters. The van der Waals surface area contributed by atoms with Crippen LogP contribution in [0.3, 0.4) is 0 Å². The van der Waals surface area contributed by atoms with E-state index in [0.717, 1.165) is 11.5 Å². The van der Waals surface area contributed by atoms with E-state index >= 15 is 0 Å². The number of halogens is 2. The molecule has 0 aliphatic carbocycles. The van der Waals surface area contributed by atoms with Crippen LogP contribution in [0.5, 0.6) is 0 Å². The molecule has 1 fully saturated rings. The van der Waals surface area contributed by atoms with Gasteiger partial charge in [0.05, 0.1) is 0 Å². The van der Waals surface area contributed by atoms with E-state index in [1.54, 1.807) is 18.7 Å². The van der Waals surface area contributed by atoms with Crippen LogP contribution in [0.25, 0.3) is 0 Å². The molecule has 1 saturated heterocycles. The Balaban J connectivity index is 2.33. The quantitative estimate of drug-likeness (QED) is 0.902. The molecule has 3 unspecified atom stereocenters. The zero-order valence-electron chi connectivity index (χ0n) is 10.5. The van der Waals surface area contributed by atoms with E-state index in [4.69, 9.17) is 5.73 Å². The first-order chi connectivity index (χ1) is 8.52. The predicted molar refractivity (Wildman–Crippen MR) is 76.2 cm³/mol. The molecule has 0 radical (unpaired) electrons. The zero-order valence-corrected chi connectivity index (χ0v) is 12.1. The predicted octanol–water partition coefficient (Wildman–Crippen LogP) is 3.51. The lowest BCUT2D eigenvalue weighted by Crippen LogP contribution is -2.35. The van der Waals surface area contributed by atoms with Crippen molar-refractivity contribution in [2.24, 2.45) is 5.73 Å². The van der Waals surface area contributed by atoms with Crippen molar-refractivity contribution >= 4 is 23.5 Å². The minimum Gasteiger partial charge on any atom is -0.323 e.